The van der Waals surface area contributed by atoms with Crippen LogP contribution in [0.4, 0.5) is 0 Å². The fraction of sp³-hybridized carbons (Fsp3) is 0.281. The first kappa shape index (κ1) is 22.4. The van der Waals surface area contributed by atoms with Crippen LogP contribution in [0.25, 0.3) is 17.7 Å². The predicted molar refractivity (Wildman–Crippen MR) is 142 cm³/mol. The molecule has 0 N–H and O–H groups in total. The van der Waals surface area contributed by atoms with E-state index in [0.29, 0.717) is 0 Å². The van der Waals surface area contributed by atoms with E-state index in [2.05, 4.69) is 90.7 Å². The Labute approximate surface area is 203 Å². The maximum absolute atomic E-state index is 9.86. The lowest BCUT2D eigenvalue weighted by Crippen LogP contribution is -2.33. The fourth-order valence-electron chi connectivity index (χ4n) is 5.47. The number of nitrogens with zero attached hydrogens (tertiary/aromatic N) is 2. The Bertz CT molecular complexity index is 1200. The van der Waals surface area contributed by atoms with Crippen LogP contribution in [0, 0.1) is 11.3 Å². The SMILES string of the molecule is CC(C#N)(CCCN1CCC(=C2c3ccccc3C=Cc3ccccc32)CC1)c1ccccc1. The van der Waals surface area contributed by atoms with Gasteiger partial charge in [-0.1, -0.05) is 96.6 Å². The van der Waals surface area contributed by atoms with Crippen molar-refractivity contribution in [1.29, 1.82) is 5.26 Å². The van der Waals surface area contributed by atoms with Gasteiger partial charge in [-0.05, 0) is 72.5 Å². The van der Waals surface area contributed by atoms with Gasteiger partial charge in [-0.25, -0.2) is 0 Å². The van der Waals surface area contributed by atoms with Crippen molar-refractivity contribution in [3.05, 3.63) is 112 Å². The minimum atomic E-state index is -0.412. The van der Waals surface area contributed by atoms with E-state index >= 15 is 0 Å². The lowest BCUT2D eigenvalue weighted by molar-refractivity contribution is 0.246. The topological polar surface area (TPSA) is 27.0 Å². The minimum Gasteiger partial charge on any atom is -0.303 e. The molecule has 2 nitrogen and oxygen atoms in total. The first-order valence-electron chi connectivity index (χ1n) is 12.5. The molecule has 0 aromatic heterocycles. The summed E-state index contributed by atoms with van der Waals surface area (Å²) in [7, 11) is 0. The standard InChI is InChI=1S/C32H32N2/c1-32(24-33,28-12-3-2-4-13-28)20-9-21-34-22-18-27(19-23-34)31-29-14-7-5-10-25(29)16-17-26-11-6-8-15-30(26)31/h2-8,10-17H,9,18-23H2,1H3. The van der Waals surface area contributed by atoms with Crippen molar-refractivity contribution < 1.29 is 0 Å². The predicted octanol–water partition coefficient (Wildman–Crippen LogP) is 7.33. The van der Waals surface area contributed by atoms with Gasteiger partial charge in [-0.3, -0.25) is 0 Å². The van der Waals surface area contributed by atoms with E-state index in [1.807, 2.05) is 18.2 Å². The molecule has 170 valence electrons. The van der Waals surface area contributed by atoms with Crippen molar-refractivity contribution in [2.75, 3.05) is 19.6 Å². The molecule has 34 heavy (non-hydrogen) atoms. The third-order valence-corrected chi connectivity index (χ3v) is 7.52. The van der Waals surface area contributed by atoms with E-state index < -0.39 is 5.41 Å². The molecule has 0 spiro atoms. The van der Waals surface area contributed by atoms with Crippen LogP contribution < -0.4 is 0 Å². The molecular weight excluding hydrogens is 412 g/mol. The molecule has 1 aliphatic carbocycles. The van der Waals surface area contributed by atoms with Gasteiger partial charge in [0, 0.05) is 13.1 Å². The Morgan fingerprint density at radius 1 is 0.794 bits per heavy atom. The maximum Gasteiger partial charge on any atom is 0.0794 e. The van der Waals surface area contributed by atoms with Crippen molar-refractivity contribution in [2.45, 2.75) is 38.0 Å². The Hall–Kier alpha value is -3.41. The van der Waals surface area contributed by atoms with Crippen LogP contribution in [0.15, 0.2) is 84.4 Å². The molecular formula is C32H32N2. The van der Waals surface area contributed by atoms with Crippen molar-refractivity contribution >= 4 is 17.7 Å². The highest BCUT2D eigenvalue weighted by Gasteiger charge is 2.27. The summed E-state index contributed by atoms with van der Waals surface area (Å²) in [5, 5.41) is 9.86. The van der Waals surface area contributed by atoms with Crippen molar-refractivity contribution in [3.8, 4) is 6.07 Å². The van der Waals surface area contributed by atoms with Crippen LogP contribution >= 0.6 is 0 Å². The van der Waals surface area contributed by atoms with Gasteiger partial charge >= 0.3 is 0 Å². The molecule has 2 heteroatoms. The average Bonchev–Trinajstić information content (AvgIpc) is 3.06. The van der Waals surface area contributed by atoms with Crippen molar-refractivity contribution in [3.63, 3.8) is 0 Å². The highest BCUT2D eigenvalue weighted by atomic mass is 15.1. The van der Waals surface area contributed by atoms with Gasteiger partial charge in [-0.2, -0.15) is 5.26 Å². The van der Waals surface area contributed by atoms with Crippen molar-refractivity contribution in [2.24, 2.45) is 0 Å². The lowest BCUT2D eigenvalue weighted by Gasteiger charge is -2.31. The second-order valence-corrected chi connectivity index (χ2v) is 9.74. The Balaban J connectivity index is 1.30. The zero-order valence-corrected chi connectivity index (χ0v) is 20.0. The highest BCUT2D eigenvalue weighted by Crippen LogP contribution is 2.38. The van der Waals surface area contributed by atoms with Gasteiger partial charge in [0.25, 0.3) is 0 Å². The number of benzene rings is 3. The zero-order chi connectivity index (χ0) is 23.4. The van der Waals surface area contributed by atoms with Crippen LogP contribution in [0.1, 0.15) is 60.4 Å². The second-order valence-electron chi connectivity index (χ2n) is 9.74. The van der Waals surface area contributed by atoms with Gasteiger partial charge in [0.05, 0.1) is 11.5 Å². The lowest BCUT2D eigenvalue weighted by atomic mass is 9.80. The van der Waals surface area contributed by atoms with Crippen molar-refractivity contribution in [1.82, 2.24) is 4.90 Å². The number of likely N-dealkylation sites (tertiary alicyclic amines) is 1. The molecule has 3 aromatic carbocycles. The summed E-state index contributed by atoms with van der Waals surface area (Å²) in [6.07, 6.45) is 8.66. The number of piperidine rings is 1. The molecule has 1 atom stereocenters. The summed E-state index contributed by atoms with van der Waals surface area (Å²) in [4.78, 5) is 2.58. The van der Waals surface area contributed by atoms with Crippen LogP contribution in [-0.4, -0.2) is 24.5 Å². The normalized spacial score (nSPS) is 17.3. The van der Waals surface area contributed by atoms with Crippen LogP contribution in [0.3, 0.4) is 0 Å². The maximum atomic E-state index is 9.86. The summed E-state index contributed by atoms with van der Waals surface area (Å²) in [5.74, 6) is 0. The molecule has 2 aliphatic rings. The molecule has 1 fully saturated rings. The summed E-state index contributed by atoms with van der Waals surface area (Å²) in [5.41, 5.74) is 9.07. The molecule has 1 unspecified atom stereocenters. The van der Waals surface area contributed by atoms with Gasteiger partial charge in [0.2, 0.25) is 0 Å². The van der Waals surface area contributed by atoms with E-state index in [4.69, 9.17) is 0 Å². The largest absolute Gasteiger partial charge is 0.303 e. The third kappa shape index (κ3) is 4.49. The summed E-state index contributed by atoms with van der Waals surface area (Å²) in [6.45, 7) is 5.31. The third-order valence-electron chi connectivity index (χ3n) is 7.52. The molecule has 3 aromatic rings. The average molecular weight is 445 g/mol. The molecule has 1 saturated heterocycles. The van der Waals surface area contributed by atoms with Gasteiger partial charge in [0.1, 0.15) is 0 Å². The summed E-state index contributed by atoms with van der Waals surface area (Å²) < 4.78 is 0. The number of fused-ring (bicyclic) bond motifs is 2. The second kappa shape index (κ2) is 9.84. The molecule has 1 aliphatic heterocycles. The minimum absolute atomic E-state index is 0.412. The first-order valence-corrected chi connectivity index (χ1v) is 12.5. The van der Waals surface area contributed by atoms with E-state index in [9.17, 15) is 5.26 Å². The van der Waals surface area contributed by atoms with E-state index in [1.165, 1.54) is 27.8 Å². The Morgan fingerprint density at radius 3 is 1.94 bits per heavy atom. The number of hydrogen-bond donors (Lipinski definition) is 0. The van der Waals surface area contributed by atoms with Gasteiger partial charge < -0.3 is 4.90 Å². The van der Waals surface area contributed by atoms with Crippen LogP contribution in [-0.2, 0) is 5.41 Å². The smallest absolute Gasteiger partial charge is 0.0794 e. The first-order chi connectivity index (χ1) is 16.7. The summed E-state index contributed by atoms with van der Waals surface area (Å²) >= 11 is 0. The Morgan fingerprint density at radius 2 is 1.35 bits per heavy atom. The van der Waals surface area contributed by atoms with E-state index in [0.717, 1.165) is 50.9 Å². The molecule has 0 amide bonds. The Kier molecular flexibility index (Phi) is 6.48. The van der Waals surface area contributed by atoms with Crippen LogP contribution in [0.5, 0.6) is 0 Å². The number of hydrogen-bond acceptors (Lipinski definition) is 2. The highest BCUT2D eigenvalue weighted by molar-refractivity contribution is 5.94. The van der Waals surface area contributed by atoms with Gasteiger partial charge in [0.15, 0.2) is 0 Å². The molecule has 0 bridgehead atoms. The van der Waals surface area contributed by atoms with Gasteiger partial charge in [-0.15, -0.1) is 0 Å². The summed E-state index contributed by atoms with van der Waals surface area (Å²) in [6, 6.07) is 30.4. The molecule has 1 heterocycles. The molecule has 0 radical (unpaired) electrons. The quantitative estimate of drug-likeness (QED) is 0.322. The zero-order valence-electron chi connectivity index (χ0n) is 20.0. The van der Waals surface area contributed by atoms with E-state index in [-0.39, 0.29) is 0 Å². The molecule has 0 saturated carbocycles. The number of rotatable bonds is 5. The number of nitriles is 1. The van der Waals surface area contributed by atoms with Crippen LogP contribution in [0.2, 0.25) is 0 Å². The fourth-order valence-corrected chi connectivity index (χ4v) is 5.47. The monoisotopic (exact) mass is 444 g/mol. The van der Waals surface area contributed by atoms with E-state index in [1.54, 1.807) is 5.57 Å². The molecule has 5 rings (SSSR count).